The minimum atomic E-state index is -0.826. The van der Waals surface area contributed by atoms with Crippen molar-refractivity contribution in [3.05, 3.63) is 30.2 Å². The first-order chi connectivity index (χ1) is 8.75. The molecule has 5 aliphatic rings. The zero-order valence-corrected chi connectivity index (χ0v) is 14.5. The van der Waals surface area contributed by atoms with Gasteiger partial charge in [-0.1, -0.05) is 18.2 Å². The van der Waals surface area contributed by atoms with Crippen LogP contribution in [0.4, 0.5) is 0 Å². The topological polar surface area (TPSA) is 0 Å². The molecule has 0 atom stereocenters. The molecule has 4 bridgehead atoms. The van der Waals surface area contributed by atoms with E-state index in [0.29, 0.717) is 5.41 Å². The number of hydrogen-bond donors (Lipinski definition) is 0. The molecule has 4 fully saturated rings. The van der Waals surface area contributed by atoms with Gasteiger partial charge in [-0.2, -0.15) is 0 Å². The van der Waals surface area contributed by atoms with E-state index in [9.17, 15) is 0 Å². The first-order valence-electron chi connectivity index (χ1n) is 6.94. The molecule has 0 heterocycles. The molecule has 18 heavy (non-hydrogen) atoms. The van der Waals surface area contributed by atoms with E-state index in [1.165, 1.54) is 19.3 Å². The van der Waals surface area contributed by atoms with Crippen LogP contribution < -0.4 is 0 Å². The van der Waals surface area contributed by atoms with E-state index in [1.54, 1.807) is 24.8 Å². The van der Waals surface area contributed by atoms with Crippen molar-refractivity contribution in [2.75, 3.05) is 0 Å². The first-order valence-corrected chi connectivity index (χ1v) is 13.3. The van der Waals surface area contributed by atoms with Crippen LogP contribution in [0.3, 0.4) is 0 Å². The van der Waals surface area contributed by atoms with E-state index in [2.05, 4.69) is 24.6 Å². The van der Waals surface area contributed by atoms with Gasteiger partial charge in [-0.3, -0.25) is 0 Å². The number of allylic oxidation sites excluding steroid dienone is 4. The average molecular weight is 361 g/mol. The Hall–Kier alpha value is 0.943. The van der Waals surface area contributed by atoms with Gasteiger partial charge >= 0.3 is 37.9 Å². The van der Waals surface area contributed by atoms with E-state index >= 15 is 0 Å². The molecule has 0 nitrogen and oxygen atoms in total. The van der Waals surface area contributed by atoms with Gasteiger partial charge in [-0.15, -0.1) is 0 Å². The molecule has 97 valence electrons. The maximum absolute atomic E-state index is 4.93. The zero-order chi connectivity index (χ0) is 12.6. The molecule has 5 aliphatic carbocycles. The quantitative estimate of drug-likeness (QED) is 0.596. The van der Waals surface area contributed by atoms with Crippen LogP contribution in [0.5, 0.6) is 0 Å². The van der Waals surface area contributed by atoms with Gasteiger partial charge in [-0.25, -0.2) is 0 Å². The van der Waals surface area contributed by atoms with E-state index in [4.69, 9.17) is 17.0 Å². The summed E-state index contributed by atoms with van der Waals surface area (Å²) in [5.74, 6) is 3.23. The predicted octanol–water partition coefficient (Wildman–Crippen LogP) is 5.28. The molecule has 1 radical (unpaired) electrons. The van der Waals surface area contributed by atoms with Crippen molar-refractivity contribution in [3.63, 3.8) is 0 Å². The van der Waals surface area contributed by atoms with Crippen LogP contribution in [0.2, 0.25) is 0 Å². The predicted molar refractivity (Wildman–Crippen MR) is 73.8 cm³/mol. The summed E-state index contributed by atoms with van der Waals surface area (Å²) in [6.45, 7) is 0. The summed E-state index contributed by atoms with van der Waals surface area (Å²) < 4.78 is 0. The summed E-state index contributed by atoms with van der Waals surface area (Å²) in [6, 6.07) is 0. The summed E-state index contributed by atoms with van der Waals surface area (Å²) in [7, 11) is 9.87. The molecule has 0 N–H and O–H groups in total. The fourth-order valence-electron chi connectivity index (χ4n) is 5.19. The second-order valence-electron chi connectivity index (χ2n) is 6.44. The van der Waals surface area contributed by atoms with E-state index in [1.807, 2.05) is 0 Å². The molecule has 3 heteroatoms. The Morgan fingerprint density at radius 2 is 1.50 bits per heavy atom. The molecule has 0 aromatic carbocycles. The third kappa shape index (κ3) is 2.57. The second kappa shape index (κ2) is 5.75. The van der Waals surface area contributed by atoms with Crippen molar-refractivity contribution in [1.29, 1.82) is 0 Å². The van der Waals surface area contributed by atoms with Crippen LogP contribution in [0.1, 0.15) is 38.5 Å². The van der Waals surface area contributed by atoms with Crippen molar-refractivity contribution in [2.45, 2.75) is 38.5 Å². The third-order valence-corrected chi connectivity index (χ3v) is 5.31. The van der Waals surface area contributed by atoms with Gasteiger partial charge in [-0.05, 0) is 67.3 Å². The van der Waals surface area contributed by atoms with E-state index < -0.39 is 20.8 Å². The van der Waals surface area contributed by atoms with Crippen molar-refractivity contribution in [2.24, 2.45) is 23.2 Å². The molecule has 0 aliphatic heterocycles. The number of rotatable bonds is 1. The fourth-order valence-corrected chi connectivity index (χ4v) is 5.19. The van der Waals surface area contributed by atoms with Crippen LogP contribution in [0, 0.1) is 29.6 Å². The third-order valence-electron chi connectivity index (χ3n) is 5.31. The summed E-state index contributed by atoms with van der Waals surface area (Å²) in [5, 5.41) is 0. The molecule has 0 amide bonds. The summed E-state index contributed by atoms with van der Waals surface area (Å²) in [6.07, 6.45) is 18.4. The SMILES string of the molecule is [CH]1C=CC(C23CC4CC(CC(C4)C2)C3)=C1.[Cl][Zr][Cl]. The average Bonchev–Trinajstić information content (AvgIpc) is 2.81. The van der Waals surface area contributed by atoms with E-state index in [0.717, 1.165) is 17.8 Å². The van der Waals surface area contributed by atoms with Crippen molar-refractivity contribution in [1.82, 2.24) is 0 Å². The zero-order valence-electron chi connectivity index (χ0n) is 10.5. The summed E-state index contributed by atoms with van der Waals surface area (Å²) >= 11 is -0.826. The van der Waals surface area contributed by atoms with Gasteiger partial charge in [0, 0.05) is 6.42 Å². The molecule has 0 aromatic heterocycles. The minimum absolute atomic E-state index is 0.623. The van der Waals surface area contributed by atoms with Gasteiger partial charge in [0.2, 0.25) is 0 Å². The van der Waals surface area contributed by atoms with Crippen molar-refractivity contribution >= 4 is 17.0 Å². The van der Waals surface area contributed by atoms with Crippen molar-refractivity contribution in [3.8, 4) is 0 Å². The Labute approximate surface area is 129 Å². The Morgan fingerprint density at radius 1 is 1.00 bits per heavy atom. The van der Waals surface area contributed by atoms with Gasteiger partial charge < -0.3 is 0 Å². The summed E-state index contributed by atoms with van der Waals surface area (Å²) in [4.78, 5) is 0. The molecule has 4 saturated carbocycles. The molecule has 5 rings (SSSR count). The maximum atomic E-state index is 4.93. The molecule has 0 aromatic rings. The Bertz CT molecular complexity index is 337. The molecular formula is C15H19Cl2Zr. The van der Waals surface area contributed by atoms with Crippen LogP contribution in [0.15, 0.2) is 23.8 Å². The van der Waals surface area contributed by atoms with E-state index in [-0.39, 0.29) is 0 Å². The molecule has 0 unspecified atom stereocenters. The number of halogens is 2. The second-order valence-corrected chi connectivity index (χ2v) is 10.2. The van der Waals surface area contributed by atoms with Gasteiger partial charge in [0.05, 0.1) is 0 Å². The van der Waals surface area contributed by atoms with Crippen LogP contribution in [0.25, 0.3) is 0 Å². The molecule has 0 spiro atoms. The summed E-state index contributed by atoms with van der Waals surface area (Å²) in [5.41, 5.74) is 2.29. The normalized spacial score (nSPS) is 43.4. The van der Waals surface area contributed by atoms with Gasteiger partial charge in [0.1, 0.15) is 0 Å². The Kier molecular flexibility index (Phi) is 4.44. The monoisotopic (exact) mass is 359 g/mol. The molecular weight excluding hydrogens is 342 g/mol. The Morgan fingerprint density at radius 3 is 1.89 bits per heavy atom. The van der Waals surface area contributed by atoms with Gasteiger partial charge in [0.15, 0.2) is 0 Å². The first kappa shape index (κ1) is 13.9. The van der Waals surface area contributed by atoms with Crippen LogP contribution in [-0.4, -0.2) is 0 Å². The fraction of sp³-hybridized carbons (Fsp3) is 0.667. The van der Waals surface area contributed by atoms with Crippen molar-refractivity contribution < 1.29 is 20.8 Å². The van der Waals surface area contributed by atoms with Gasteiger partial charge in [0.25, 0.3) is 0 Å². The molecule has 0 saturated heterocycles. The van der Waals surface area contributed by atoms with Crippen LogP contribution in [-0.2, 0) is 20.8 Å². The number of hydrogen-bond acceptors (Lipinski definition) is 0. The van der Waals surface area contributed by atoms with Crippen LogP contribution >= 0.6 is 17.0 Å². The Balaban J connectivity index is 0.000000307. The standard InChI is InChI=1S/C15H19.2ClH.Zr/c1-2-4-14(3-1)15-8-11-5-12(9-15)7-13(6-11)10-15;;;/h1-4,11-13H,5-10H2;2*1H;/q;;;+2/p-2.